The Kier molecular flexibility index (Phi) is 4.31. The van der Waals surface area contributed by atoms with Gasteiger partial charge in [0.1, 0.15) is 29.4 Å². The fraction of sp³-hybridized carbons (Fsp3) is 0.619. The maximum atomic E-state index is 15.0. The van der Waals surface area contributed by atoms with Gasteiger partial charge < -0.3 is 14.8 Å². The summed E-state index contributed by atoms with van der Waals surface area (Å²) in [6, 6.07) is 4.41. The van der Waals surface area contributed by atoms with Gasteiger partial charge in [-0.15, -0.1) is 0 Å². The number of carbonyl (C=O) groups is 1. The van der Waals surface area contributed by atoms with Gasteiger partial charge in [-0.1, -0.05) is 0 Å². The largest absolute Gasteiger partial charge is 0.490 e. The van der Waals surface area contributed by atoms with E-state index in [2.05, 4.69) is 5.32 Å². The molecule has 0 aromatic heterocycles. The molecule has 1 aromatic carbocycles. The lowest BCUT2D eigenvalue weighted by Gasteiger charge is -2.51. The molecule has 1 amide bonds. The van der Waals surface area contributed by atoms with Crippen LogP contribution in [0.1, 0.15) is 37.7 Å². The number of hydrogen-bond donors (Lipinski definition) is 2. The lowest BCUT2D eigenvalue weighted by molar-refractivity contribution is -0.150. The van der Waals surface area contributed by atoms with E-state index in [-0.39, 0.29) is 36.2 Å². The number of amides is 1. The molecule has 6 nitrogen and oxygen atoms in total. The zero-order valence-corrected chi connectivity index (χ0v) is 16.3. The van der Waals surface area contributed by atoms with Gasteiger partial charge in [0.15, 0.2) is 5.96 Å². The lowest BCUT2D eigenvalue weighted by Crippen LogP contribution is -2.69. The van der Waals surface area contributed by atoms with Gasteiger partial charge in [-0.05, 0) is 43.4 Å². The van der Waals surface area contributed by atoms with Crippen LogP contribution >= 0.6 is 0 Å². The molecule has 0 radical (unpaired) electrons. The van der Waals surface area contributed by atoms with E-state index in [4.69, 9.17) is 14.9 Å². The smallest absolute Gasteiger partial charge is 0.235 e. The van der Waals surface area contributed by atoms with Crippen LogP contribution in [-0.4, -0.2) is 48.8 Å². The predicted molar refractivity (Wildman–Crippen MR) is 101 cm³/mol. The van der Waals surface area contributed by atoms with Crippen molar-refractivity contribution in [1.82, 2.24) is 10.2 Å². The van der Waals surface area contributed by atoms with Crippen LogP contribution in [0.5, 0.6) is 5.75 Å². The van der Waals surface area contributed by atoms with Crippen molar-refractivity contribution < 1.29 is 23.0 Å². The molecule has 2 saturated carbocycles. The fourth-order valence-electron chi connectivity index (χ4n) is 4.75. The van der Waals surface area contributed by atoms with E-state index in [1.54, 1.807) is 13.1 Å². The number of nitrogens with one attached hydrogen (secondary N) is 2. The first-order valence-corrected chi connectivity index (χ1v) is 10.2. The number of ether oxygens (including phenoxy) is 2. The third-order valence-corrected chi connectivity index (χ3v) is 6.80. The standard InChI is InChI=1S/C21H25F2N3O3/c1-26-19(27)16-9-18(11-2-3-11)28-10-21(16,25-20(26)24)15-8-13(4-5-17(15)23)29-14-6-12(22)7-14/h4-5,8,11-12,14,16,18H,2-3,6-7,9-10H2,1H3,(H2,24,25)/t12?,14?,16-,18+,21+/m0/s1. The van der Waals surface area contributed by atoms with Crippen LogP contribution in [0.15, 0.2) is 18.2 Å². The first-order valence-electron chi connectivity index (χ1n) is 10.2. The minimum absolute atomic E-state index is 0.0153. The molecule has 0 bridgehead atoms. The highest BCUT2D eigenvalue weighted by atomic mass is 19.1. The zero-order chi connectivity index (χ0) is 20.3. The summed E-state index contributed by atoms with van der Waals surface area (Å²) in [5, 5.41) is 11.3. The molecule has 3 atom stereocenters. The van der Waals surface area contributed by atoms with E-state index in [9.17, 15) is 9.18 Å². The van der Waals surface area contributed by atoms with Gasteiger partial charge in [0.05, 0.1) is 18.6 Å². The van der Waals surface area contributed by atoms with Gasteiger partial charge in [0.25, 0.3) is 0 Å². The van der Waals surface area contributed by atoms with Gasteiger partial charge in [-0.2, -0.15) is 0 Å². The SMILES string of the molecule is CN1C(=N)N[C@@]2(c3cc(OC4CC(F)C4)ccc3F)CO[C@@H](C3CC3)C[C@H]2C1=O. The fourth-order valence-corrected chi connectivity index (χ4v) is 4.75. The topological polar surface area (TPSA) is 74.7 Å². The van der Waals surface area contributed by atoms with E-state index < -0.39 is 23.4 Å². The van der Waals surface area contributed by atoms with E-state index in [1.807, 2.05) is 0 Å². The Labute approximate surface area is 168 Å². The van der Waals surface area contributed by atoms with Crippen LogP contribution in [-0.2, 0) is 15.1 Å². The highest BCUT2D eigenvalue weighted by Crippen LogP contribution is 2.48. The Morgan fingerprint density at radius 3 is 2.76 bits per heavy atom. The van der Waals surface area contributed by atoms with Gasteiger partial charge in [-0.3, -0.25) is 15.1 Å². The van der Waals surface area contributed by atoms with Gasteiger partial charge in [-0.25, -0.2) is 8.78 Å². The number of nitrogens with zero attached hydrogens (tertiary/aromatic N) is 1. The minimum Gasteiger partial charge on any atom is -0.490 e. The summed E-state index contributed by atoms with van der Waals surface area (Å²) in [6.07, 6.45) is 2.26. The van der Waals surface area contributed by atoms with Crippen LogP contribution in [0.25, 0.3) is 0 Å². The van der Waals surface area contributed by atoms with Gasteiger partial charge >= 0.3 is 0 Å². The first-order chi connectivity index (χ1) is 13.9. The second-order valence-corrected chi connectivity index (χ2v) is 8.77. The van der Waals surface area contributed by atoms with Crippen LogP contribution in [0.2, 0.25) is 0 Å². The van der Waals surface area contributed by atoms with Crippen LogP contribution < -0.4 is 10.1 Å². The molecule has 1 aromatic rings. The van der Waals surface area contributed by atoms with Crippen molar-refractivity contribution in [1.29, 1.82) is 5.41 Å². The maximum absolute atomic E-state index is 15.0. The van der Waals surface area contributed by atoms with Gasteiger partial charge in [0.2, 0.25) is 5.91 Å². The van der Waals surface area contributed by atoms with Crippen molar-refractivity contribution in [2.24, 2.45) is 11.8 Å². The highest BCUT2D eigenvalue weighted by Gasteiger charge is 2.57. The summed E-state index contributed by atoms with van der Waals surface area (Å²) in [5.74, 6) is -0.401. The quantitative estimate of drug-likeness (QED) is 0.808. The van der Waals surface area contributed by atoms with E-state index in [0.717, 1.165) is 12.8 Å². The van der Waals surface area contributed by atoms with Crippen molar-refractivity contribution in [3.05, 3.63) is 29.6 Å². The number of alkyl halides is 1. The van der Waals surface area contributed by atoms with Crippen LogP contribution in [0.3, 0.4) is 0 Å². The summed E-state index contributed by atoms with van der Waals surface area (Å²) < 4.78 is 40.1. The molecule has 0 unspecified atom stereocenters. The summed E-state index contributed by atoms with van der Waals surface area (Å²) in [7, 11) is 1.56. The number of carbonyl (C=O) groups excluding carboxylic acids is 1. The second-order valence-electron chi connectivity index (χ2n) is 8.77. The molecule has 29 heavy (non-hydrogen) atoms. The predicted octanol–water partition coefficient (Wildman–Crippen LogP) is 2.71. The molecule has 2 heterocycles. The monoisotopic (exact) mass is 405 g/mol. The molecule has 4 fully saturated rings. The number of benzene rings is 1. The molecule has 0 spiro atoms. The summed E-state index contributed by atoms with van der Waals surface area (Å²) in [4.78, 5) is 14.4. The average Bonchev–Trinajstić information content (AvgIpc) is 3.51. The molecule has 2 saturated heterocycles. The molecular weight excluding hydrogens is 380 g/mol. The summed E-state index contributed by atoms with van der Waals surface area (Å²) in [5.41, 5.74) is -0.894. The molecule has 156 valence electrons. The first kappa shape index (κ1) is 18.8. The van der Waals surface area contributed by atoms with E-state index in [1.165, 1.54) is 17.0 Å². The van der Waals surface area contributed by atoms with Crippen molar-refractivity contribution in [2.75, 3.05) is 13.7 Å². The third kappa shape index (κ3) is 3.08. The van der Waals surface area contributed by atoms with Crippen LogP contribution in [0.4, 0.5) is 8.78 Å². The maximum Gasteiger partial charge on any atom is 0.235 e. The Hall–Kier alpha value is -2.22. The molecule has 5 rings (SSSR count). The molecule has 2 aliphatic heterocycles. The number of rotatable bonds is 4. The normalized spacial score (nSPS) is 36.9. The summed E-state index contributed by atoms with van der Waals surface area (Å²) in [6.45, 7) is 0.108. The summed E-state index contributed by atoms with van der Waals surface area (Å²) >= 11 is 0. The second kappa shape index (κ2) is 6.65. The van der Waals surface area contributed by atoms with Crippen molar-refractivity contribution in [2.45, 2.75) is 56.0 Å². The molecule has 2 N–H and O–H groups in total. The van der Waals surface area contributed by atoms with E-state index in [0.29, 0.717) is 30.9 Å². The Morgan fingerprint density at radius 1 is 1.31 bits per heavy atom. The number of fused-ring (bicyclic) bond motifs is 1. The van der Waals surface area contributed by atoms with Crippen molar-refractivity contribution >= 4 is 11.9 Å². The number of hydrogen-bond acceptors (Lipinski definition) is 4. The molecule has 2 aliphatic carbocycles. The highest BCUT2D eigenvalue weighted by molar-refractivity contribution is 6.00. The Balaban J connectivity index is 1.50. The minimum atomic E-state index is -1.16. The molecular formula is C21H25F2N3O3. The zero-order valence-electron chi connectivity index (χ0n) is 16.3. The third-order valence-electron chi connectivity index (χ3n) is 6.80. The van der Waals surface area contributed by atoms with E-state index >= 15 is 4.39 Å². The number of guanidine groups is 1. The Bertz CT molecular complexity index is 856. The van der Waals surface area contributed by atoms with Gasteiger partial charge in [0, 0.05) is 25.5 Å². The number of halogens is 2. The van der Waals surface area contributed by atoms with Crippen molar-refractivity contribution in [3.8, 4) is 5.75 Å². The molecule has 4 aliphatic rings. The lowest BCUT2D eigenvalue weighted by atomic mass is 9.71. The van der Waals surface area contributed by atoms with Crippen LogP contribution in [0, 0.1) is 23.1 Å². The molecule has 8 heteroatoms. The Morgan fingerprint density at radius 2 is 2.07 bits per heavy atom. The average molecular weight is 405 g/mol. The van der Waals surface area contributed by atoms with Crippen molar-refractivity contribution in [3.63, 3.8) is 0 Å².